The minimum absolute atomic E-state index is 0.151. The fourth-order valence-corrected chi connectivity index (χ4v) is 3.00. The summed E-state index contributed by atoms with van der Waals surface area (Å²) in [6.45, 7) is 1.88. The van der Waals surface area contributed by atoms with Gasteiger partial charge in [0.05, 0.1) is 31.0 Å². The van der Waals surface area contributed by atoms with Crippen LogP contribution in [0.1, 0.15) is 24.1 Å². The number of aromatic hydroxyl groups is 1. The van der Waals surface area contributed by atoms with Gasteiger partial charge in [0.1, 0.15) is 0 Å². The average molecular weight is 368 g/mol. The number of rotatable bonds is 5. The van der Waals surface area contributed by atoms with E-state index in [9.17, 15) is 14.7 Å². The Morgan fingerprint density at radius 1 is 1.15 bits per heavy atom. The summed E-state index contributed by atoms with van der Waals surface area (Å²) >= 11 is 0. The van der Waals surface area contributed by atoms with Crippen LogP contribution in [0.15, 0.2) is 54.1 Å². The molecule has 0 fully saturated rings. The zero-order valence-corrected chi connectivity index (χ0v) is 15.0. The van der Waals surface area contributed by atoms with E-state index in [-0.39, 0.29) is 23.7 Å². The van der Waals surface area contributed by atoms with E-state index in [2.05, 4.69) is 10.6 Å². The molecule has 27 heavy (non-hydrogen) atoms. The van der Waals surface area contributed by atoms with Crippen molar-refractivity contribution in [2.24, 2.45) is 0 Å². The molecule has 7 heteroatoms. The van der Waals surface area contributed by atoms with Crippen LogP contribution in [0.5, 0.6) is 11.5 Å². The summed E-state index contributed by atoms with van der Waals surface area (Å²) in [5.41, 5.74) is 1.53. The summed E-state index contributed by atoms with van der Waals surface area (Å²) in [6.07, 6.45) is 0. The lowest BCUT2D eigenvalue weighted by atomic mass is 9.92. The normalized spacial score (nSPS) is 16.4. The number of nitrogens with one attached hydrogen (secondary N) is 2. The predicted molar refractivity (Wildman–Crippen MR) is 99.1 cm³/mol. The maximum Gasteiger partial charge on any atom is 0.338 e. The lowest BCUT2D eigenvalue weighted by Crippen LogP contribution is -2.45. The van der Waals surface area contributed by atoms with E-state index in [1.165, 1.54) is 7.11 Å². The Bertz CT molecular complexity index is 893. The van der Waals surface area contributed by atoms with Crippen molar-refractivity contribution in [3.63, 3.8) is 0 Å². The maximum atomic E-state index is 12.8. The molecule has 0 aliphatic carbocycles. The number of phenols is 1. The van der Waals surface area contributed by atoms with Gasteiger partial charge in [-0.05, 0) is 18.6 Å². The third-order valence-corrected chi connectivity index (χ3v) is 4.19. The standard InChI is InChI=1S/C20H20N2O5/c1-3-27-19(24)15-16(12-8-5-4-6-9-12)21-20(25)22-17(15)13-10-7-11-14(26-2)18(13)23/h4-11,17,23H,3H2,1-2H3,(H2,21,22,25). The second kappa shape index (κ2) is 7.82. The molecule has 0 radical (unpaired) electrons. The summed E-state index contributed by atoms with van der Waals surface area (Å²) in [7, 11) is 1.43. The molecule has 140 valence electrons. The number of hydrogen-bond acceptors (Lipinski definition) is 5. The van der Waals surface area contributed by atoms with Gasteiger partial charge in [-0.2, -0.15) is 0 Å². The molecule has 0 saturated carbocycles. The highest BCUT2D eigenvalue weighted by molar-refractivity contribution is 6.04. The molecule has 0 spiro atoms. The van der Waals surface area contributed by atoms with Crippen LogP contribution in [0.25, 0.3) is 5.70 Å². The topological polar surface area (TPSA) is 96.9 Å². The number of amides is 2. The quantitative estimate of drug-likeness (QED) is 0.705. The smallest absolute Gasteiger partial charge is 0.338 e. The van der Waals surface area contributed by atoms with Crippen molar-refractivity contribution in [1.29, 1.82) is 0 Å². The number of carbonyl (C=O) groups excluding carboxylic acids is 2. The zero-order chi connectivity index (χ0) is 19.4. The van der Waals surface area contributed by atoms with Gasteiger partial charge in [0.25, 0.3) is 0 Å². The van der Waals surface area contributed by atoms with Crippen LogP contribution in [0, 0.1) is 0 Å². The van der Waals surface area contributed by atoms with Gasteiger partial charge in [-0.3, -0.25) is 0 Å². The molecular weight excluding hydrogens is 348 g/mol. The summed E-state index contributed by atoms with van der Waals surface area (Å²) in [6, 6.07) is 12.5. The summed E-state index contributed by atoms with van der Waals surface area (Å²) in [5, 5.41) is 15.9. The van der Waals surface area contributed by atoms with E-state index in [0.29, 0.717) is 16.8 Å². The Morgan fingerprint density at radius 3 is 2.56 bits per heavy atom. The van der Waals surface area contributed by atoms with E-state index in [4.69, 9.17) is 9.47 Å². The number of methoxy groups -OCH3 is 1. The third kappa shape index (κ3) is 3.57. The SMILES string of the molecule is CCOC(=O)C1=C(c2ccccc2)NC(=O)NC1c1cccc(OC)c1O. The first kappa shape index (κ1) is 18.3. The molecule has 0 saturated heterocycles. The minimum Gasteiger partial charge on any atom is -0.504 e. The van der Waals surface area contributed by atoms with Crippen molar-refractivity contribution in [2.45, 2.75) is 13.0 Å². The monoisotopic (exact) mass is 368 g/mol. The van der Waals surface area contributed by atoms with Crippen molar-refractivity contribution < 1.29 is 24.2 Å². The first-order chi connectivity index (χ1) is 13.1. The van der Waals surface area contributed by atoms with Crippen molar-refractivity contribution in [3.8, 4) is 11.5 Å². The number of esters is 1. The number of benzene rings is 2. The van der Waals surface area contributed by atoms with Crippen LogP contribution in [0.4, 0.5) is 4.79 Å². The number of para-hydroxylation sites is 1. The van der Waals surface area contributed by atoms with Crippen molar-refractivity contribution in [2.75, 3.05) is 13.7 Å². The molecule has 0 aromatic heterocycles. The summed E-state index contributed by atoms with van der Waals surface area (Å²) < 4.78 is 10.4. The Balaban J connectivity index is 2.22. The highest BCUT2D eigenvalue weighted by Gasteiger charge is 2.36. The number of hydrogen-bond donors (Lipinski definition) is 3. The van der Waals surface area contributed by atoms with E-state index >= 15 is 0 Å². The molecule has 1 unspecified atom stereocenters. The number of ether oxygens (including phenoxy) is 2. The molecule has 2 aromatic carbocycles. The predicted octanol–water partition coefficient (Wildman–Crippen LogP) is 2.73. The van der Waals surface area contributed by atoms with Crippen LogP contribution < -0.4 is 15.4 Å². The molecule has 0 bridgehead atoms. The largest absolute Gasteiger partial charge is 0.504 e. The van der Waals surface area contributed by atoms with Crippen molar-refractivity contribution >= 4 is 17.7 Å². The van der Waals surface area contributed by atoms with Crippen LogP contribution in [0.2, 0.25) is 0 Å². The second-order valence-electron chi connectivity index (χ2n) is 5.80. The third-order valence-electron chi connectivity index (χ3n) is 4.19. The fourth-order valence-electron chi connectivity index (χ4n) is 3.00. The molecule has 1 aliphatic heterocycles. The van der Waals surface area contributed by atoms with E-state index in [1.807, 2.05) is 6.07 Å². The Kier molecular flexibility index (Phi) is 5.30. The number of phenolic OH excluding ortho intramolecular Hbond substituents is 1. The molecule has 2 aromatic rings. The van der Waals surface area contributed by atoms with Crippen LogP contribution >= 0.6 is 0 Å². The Hall–Kier alpha value is -3.48. The van der Waals surface area contributed by atoms with Gasteiger partial charge in [-0.25, -0.2) is 9.59 Å². The van der Waals surface area contributed by atoms with Gasteiger partial charge in [-0.15, -0.1) is 0 Å². The van der Waals surface area contributed by atoms with E-state index in [0.717, 1.165) is 0 Å². The molecule has 1 heterocycles. The van der Waals surface area contributed by atoms with Crippen molar-refractivity contribution in [1.82, 2.24) is 10.6 Å². The molecule has 1 aliphatic rings. The molecule has 3 N–H and O–H groups in total. The summed E-state index contributed by atoms with van der Waals surface area (Å²) in [5.74, 6) is -0.498. The van der Waals surface area contributed by atoms with Gasteiger partial charge >= 0.3 is 12.0 Å². The molecule has 3 rings (SSSR count). The zero-order valence-electron chi connectivity index (χ0n) is 15.0. The van der Waals surface area contributed by atoms with Crippen LogP contribution in [-0.4, -0.2) is 30.8 Å². The second-order valence-corrected chi connectivity index (χ2v) is 5.80. The lowest BCUT2D eigenvalue weighted by molar-refractivity contribution is -0.138. The Morgan fingerprint density at radius 2 is 1.89 bits per heavy atom. The van der Waals surface area contributed by atoms with Crippen LogP contribution in [0.3, 0.4) is 0 Å². The van der Waals surface area contributed by atoms with Gasteiger partial charge in [0.15, 0.2) is 11.5 Å². The Labute approximate surface area is 156 Å². The first-order valence-electron chi connectivity index (χ1n) is 8.46. The van der Waals surface area contributed by atoms with Gasteiger partial charge < -0.3 is 25.2 Å². The van der Waals surface area contributed by atoms with Gasteiger partial charge in [0.2, 0.25) is 0 Å². The molecule has 1 atom stereocenters. The van der Waals surface area contributed by atoms with Gasteiger partial charge in [-0.1, -0.05) is 42.5 Å². The molecule has 2 amide bonds. The lowest BCUT2D eigenvalue weighted by Gasteiger charge is -2.30. The minimum atomic E-state index is -0.900. The fraction of sp³-hybridized carbons (Fsp3) is 0.200. The number of carbonyl (C=O) groups is 2. The summed E-state index contributed by atoms with van der Waals surface area (Å²) in [4.78, 5) is 25.1. The first-order valence-corrected chi connectivity index (χ1v) is 8.46. The van der Waals surface area contributed by atoms with E-state index in [1.54, 1.807) is 49.4 Å². The molecule has 7 nitrogen and oxygen atoms in total. The number of urea groups is 1. The van der Waals surface area contributed by atoms with E-state index < -0.39 is 18.0 Å². The average Bonchev–Trinajstić information content (AvgIpc) is 2.68. The van der Waals surface area contributed by atoms with Gasteiger partial charge in [0, 0.05) is 5.56 Å². The van der Waals surface area contributed by atoms with Crippen molar-refractivity contribution in [3.05, 3.63) is 65.2 Å². The maximum absolute atomic E-state index is 12.8. The highest BCUT2D eigenvalue weighted by atomic mass is 16.5. The van der Waals surface area contributed by atoms with Crippen LogP contribution in [-0.2, 0) is 9.53 Å². The molecular formula is C20H20N2O5. The highest BCUT2D eigenvalue weighted by Crippen LogP contribution is 2.39.